The third-order valence-corrected chi connectivity index (χ3v) is 4.13. The van der Waals surface area contributed by atoms with E-state index < -0.39 is 0 Å². The van der Waals surface area contributed by atoms with E-state index in [1.54, 1.807) is 18.2 Å². The Morgan fingerprint density at radius 1 is 1.24 bits per heavy atom. The Bertz CT molecular complexity index is 721. The Morgan fingerprint density at radius 2 is 2.00 bits per heavy atom. The van der Waals surface area contributed by atoms with Crippen LogP contribution in [0, 0.1) is 5.82 Å². The number of hydrogen-bond acceptors (Lipinski definition) is 3. The zero-order valence-electron chi connectivity index (χ0n) is 14.2. The summed E-state index contributed by atoms with van der Waals surface area (Å²) in [5, 5.41) is 5.41. The zero-order valence-corrected chi connectivity index (χ0v) is 14.2. The number of ether oxygens (including phenoxy) is 1. The Hall–Kier alpha value is -2.60. The fourth-order valence-corrected chi connectivity index (χ4v) is 2.80. The number of urea groups is 1. The van der Waals surface area contributed by atoms with E-state index in [0.717, 1.165) is 25.4 Å². The van der Waals surface area contributed by atoms with Crippen LogP contribution in [0.4, 0.5) is 20.6 Å². The van der Waals surface area contributed by atoms with Gasteiger partial charge in [0.15, 0.2) is 0 Å². The molecule has 0 saturated carbocycles. The third kappa shape index (κ3) is 4.70. The number of carbonyl (C=O) groups is 1. The van der Waals surface area contributed by atoms with Crippen molar-refractivity contribution in [3.05, 3.63) is 59.9 Å². The highest BCUT2D eigenvalue weighted by Crippen LogP contribution is 2.20. The van der Waals surface area contributed by atoms with Crippen molar-refractivity contribution in [1.82, 2.24) is 5.32 Å². The maximum absolute atomic E-state index is 13.5. The topological polar surface area (TPSA) is 53.6 Å². The summed E-state index contributed by atoms with van der Waals surface area (Å²) in [6.07, 6.45) is 0.218. The van der Waals surface area contributed by atoms with Crippen LogP contribution in [0.25, 0.3) is 0 Å². The van der Waals surface area contributed by atoms with Gasteiger partial charge in [0, 0.05) is 36.6 Å². The average Bonchev–Trinajstić information content (AvgIpc) is 2.62. The van der Waals surface area contributed by atoms with Gasteiger partial charge in [0.05, 0.1) is 12.7 Å². The summed E-state index contributed by atoms with van der Waals surface area (Å²) in [5.74, 6) is -0.327. The summed E-state index contributed by atoms with van der Waals surface area (Å²) < 4.78 is 19.1. The Kier molecular flexibility index (Phi) is 5.50. The molecule has 1 fully saturated rings. The van der Waals surface area contributed by atoms with Gasteiger partial charge in [-0.15, -0.1) is 0 Å². The molecule has 0 aromatic heterocycles. The number of morpholine rings is 1. The van der Waals surface area contributed by atoms with E-state index in [0.29, 0.717) is 11.3 Å². The number of benzene rings is 2. The average molecular weight is 343 g/mol. The van der Waals surface area contributed by atoms with Gasteiger partial charge in [0.1, 0.15) is 5.82 Å². The molecule has 1 saturated heterocycles. The van der Waals surface area contributed by atoms with Crippen molar-refractivity contribution in [2.45, 2.75) is 19.6 Å². The van der Waals surface area contributed by atoms with Gasteiger partial charge in [-0.2, -0.15) is 0 Å². The molecule has 1 aliphatic heterocycles. The molecule has 1 unspecified atom stereocenters. The maximum atomic E-state index is 13.5. The molecule has 25 heavy (non-hydrogen) atoms. The zero-order chi connectivity index (χ0) is 17.6. The fourth-order valence-electron chi connectivity index (χ4n) is 2.80. The van der Waals surface area contributed by atoms with Gasteiger partial charge in [-0.3, -0.25) is 0 Å². The van der Waals surface area contributed by atoms with Gasteiger partial charge in [-0.25, -0.2) is 9.18 Å². The summed E-state index contributed by atoms with van der Waals surface area (Å²) in [5.41, 5.74) is 2.25. The molecule has 0 bridgehead atoms. The lowest BCUT2D eigenvalue weighted by atomic mass is 10.2. The van der Waals surface area contributed by atoms with Crippen molar-refractivity contribution in [1.29, 1.82) is 0 Å². The molecule has 0 aliphatic carbocycles. The molecule has 2 N–H and O–H groups in total. The standard InChI is InChI=1S/C19H22FN3O2/c1-14-13-23(10-11-25-14)17-8-6-16(7-9-17)22-19(24)21-12-15-4-2-3-5-18(15)20/h2-9,14H,10-13H2,1H3,(H2,21,22,24). The van der Waals surface area contributed by atoms with E-state index in [-0.39, 0.29) is 24.5 Å². The number of amides is 2. The molecule has 6 heteroatoms. The molecule has 5 nitrogen and oxygen atoms in total. The normalized spacial score (nSPS) is 17.2. The first-order valence-electron chi connectivity index (χ1n) is 8.36. The minimum absolute atomic E-state index is 0.141. The Labute approximate surface area is 146 Å². The molecule has 1 heterocycles. The highest BCUT2D eigenvalue weighted by molar-refractivity contribution is 5.89. The monoisotopic (exact) mass is 343 g/mol. The molecule has 2 aromatic rings. The van der Waals surface area contributed by atoms with Crippen LogP contribution in [-0.4, -0.2) is 31.8 Å². The first-order chi connectivity index (χ1) is 12.1. The third-order valence-electron chi connectivity index (χ3n) is 4.13. The quantitative estimate of drug-likeness (QED) is 0.895. The fraction of sp³-hybridized carbons (Fsp3) is 0.316. The van der Waals surface area contributed by atoms with Crippen LogP contribution in [-0.2, 0) is 11.3 Å². The summed E-state index contributed by atoms with van der Waals surface area (Å²) in [4.78, 5) is 14.2. The van der Waals surface area contributed by atoms with Crippen molar-refractivity contribution >= 4 is 17.4 Å². The van der Waals surface area contributed by atoms with Crippen molar-refractivity contribution in [2.75, 3.05) is 29.9 Å². The maximum Gasteiger partial charge on any atom is 0.319 e. The van der Waals surface area contributed by atoms with Crippen LogP contribution in [0.5, 0.6) is 0 Å². The molecule has 0 radical (unpaired) electrons. The molecule has 2 aromatic carbocycles. The molecule has 2 amide bonds. The van der Waals surface area contributed by atoms with Crippen LogP contribution < -0.4 is 15.5 Å². The Morgan fingerprint density at radius 3 is 2.72 bits per heavy atom. The van der Waals surface area contributed by atoms with Gasteiger partial charge in [-0.05, 0) is 37.3 Å². The molecular weight excluding hydrogens is 321 g/mol. The van der Waals surface area contributed by atoms with E-state index in [1.807, 2.05) is 24.3 Å². The van der Waals surface area contributed by atoms with Gasteiger partial charge in [-0.1, -0.05) is 18.2 Å². The van der Waals surface area contributed by atoms with E-state index >= 15 is 0 Å². The second kappa shape index (κ2) is 7.98. The van der Waals surface area contributed by atoms with E-state index in [2.05, 4.69) is 22.5 Å². The number of hydrogen-bond donors (Lipinski definition) is 2. The highest BCUT2D eigenvalue weighted by atomic mass is 19.1. The number of halogens is 1. The molecule has 0 spiro atoms. The molecule has 3 rings (SSSR count). The van der Waals surface area contributed by atoms with Crippen LogP contribution in [0.2, 0.25) is 0 Å². The van der Waals surface area contributed by atoms with Crippen LogP contribution in [0.15, 0.2) is 48.5 Å². The molecule has 1 atom stereocenters. The smallest absolute Gasteiger partial charge is 0.319 e. The number of anilines is 2. The lowest BCUT2D eigenvalue weighted by Crippen LogP contribution is -2.41. The minimum Gasteiger partial charge on any atom is -0.375 e. The lowest BCUT2D eigenvalue weighted by molar-refractivity contribution is 0.0532. The lowest BCUT2D eigenvalue weighted by Gasteiger charge is -2.33. The summed E-state index contributed by atoms with van der Waals surface area (Å²) in [7, 11) is 0. The number of rotatable bonds is 4. The van der Waals surface area contributed by atoms with E-state index in [4.69, 9.17) is 4.74 Å². The summed E-state index contributed by atoms with van der Waals surface area (Å²) in [6.45, 7) is 4.64. The second-order valence-corrected chi connectivity index (χ2v) is 6.07. The van der Waals surface area contributed by atoms with Crippen LogP contribution >= 0.6 is 0 Å². The van der Waals surface area contributed by atoms with Crippen LogP contribution in [0.1, 0.15) is 12.5 Å². The molecule has 132 valence electrons. The van der Waals surface area contributed by atoms with Crippen molar-refractivity contribution in [3.8, 4) is 0 Å². The first-order valence-corrected chi connectivity index (χ1v) is 8.36. The molecular formula is C19H22FN3O2. The van der Waals surface area contributed by atoms with E-state index in [1.165, 1.54) is 6.07 Å². The minimum atomic E-state index is -0.365. The number of nitrogens with one attached hydrogen (secondary N) is 2. The Balaban J connectivity index is 1.52. The molecule has 1 aliphatic rings. The predicted octanol–water partition coefficient (Wildman–Crippen LogP) is 3.37. The van der Waals surface area contributed by atoms with Gasteiger partial charge in [0.2, 0.25) is 0 Å². The van der Waals surface area contributed by atoms with E-state index in [9.17, 15) is 9.18 Å². The second-order valence-electron chi connectivity index (χ2n) is 6.07. The van der Waals surface area contributed by atoms with Gasteiger partial charge < -0.3 is 20.3 Å². The van der Waals surface area contributed by atoms with Crippen molar-refractivity contribution < 1.29 is 13.9 Å². The predicted molar refractivity (Wildman–Crippen MR) is 96.3 cm³/mol. The van der Waals surface area contributed by atoms with Gasteiger partial charge in [0.25, 0.3) is 0 Å². The summed E-state index contributed by atoms with van der Waals surface area (Å²) in [6, 6.07) is 13.7. The highest BCUT2D eigenvalue weighted by Gasteiger charge is 2.16. The largest absolute Gasteiger partial charge is 0.375 e. The SMILES string of the molecule is CC1CN(c2ccc(NC(=O)NCc3ccccc3F)cc2)CCO1. The van der Waals surface area contributed by atoms with Gasteiger partial charge >= 0.3 is 6.03 Å². The number of carbonyl (C=O) groups excluding carboxylic acids is 1. The van der Waals surface area contributed by atoms with Crippen LogP contribution in [0.3, 0.4) is 0 Å². The van der Waals surface area contributed by atoms with Crippen molar-refractivity contribution in [3.63, 3.8) is 0 Å². The number of nitrogens with zero attached hydrogens (tertiary/aromatic N) is 1. The summed E-state index contributed by atoms with van der Waals surface area (Å²) >= 11 is 0. The van der Waals surface area contributed by atoms with Crippen molar-refractivity contribution in [2.24, 2.45) is 0 Å². The first kappa shape index (κ1) is 17.2.